The Labute approximate surface area is 184 Å². The molecule has 1 aliphatic heterocycles. The van der Waals surface area contributed by atoms with Crippen LogP contribution in [0.3, 0.4) is 0 Å². The summed E-state index contributed by atoms with van der Waals surface area (Å²) < 4.78 is 0. The highest BCUT2D eigenvalue weighted by atomic mass is 35.5. The first-order valence-electron chi connectivity index (χ1n) is 10.4. The van der Waals surface area contributed by atoms with Gasteiger partial charge in [0.25, 0.3) is 0 Å². The van der Waals surface area contributed by atoms with E-state index < -0.39 is 5.41 Å². The fourth-order valence-electron chi connectivity index (χ4n) is 3.88. The molecule has 2 aromatic rings. The van der Waals surface area contributed by atoms with Gasteiger partial charge in [-0.1, -0.05) is 60.1 Å². The number of rotatable bonds is 6. The summed E-state index contributed by atoms with van der Waals surface area (Å²) in [6.07, 6.45) is 0. The van der Waals surface area contributed by atoms with Gasteiger partial charge in [-0.3, -0.25) is 14.5 Å². The first-order chi connectivity index (χ1) is 14.3. The van der Waals surface area contributed by atoms with E-state index in [-0.39, 0.29) is 17.9 Å². The number of amides is 2. The van der Waals surface area contributed by atoms with Crippen LogP contribution in [0.4, 0.5) is 0 Å². The van der Waals surface area contributed by atoms with Crippen LogP contribution in [0.25, 0.3) is 0 Å². The first kappa shape index (κ1) is 22.3. The molecule has 2 amide bonds. The molecule has 1 saturated heterocycles. The molecule has 6 heteroatoms. The van der Waals surface area contributed by atoms with Gasteiger partial charge in [0.2, 0.25) is 11.8 Å². The molecule has 1 unspecified atom stereocenters. The lowest BCUT2D eigenvalue weighted by Crippen LogP contribution is -2.54. The molecule has 0 aromatic heterocycles. The Morgan fingerprint density at radius 2 is 1.60 bits per heavy atom. The second-order valence-corrected chi connectivity index (χ2v) is 8.78. The van der Waals surface area contributed by atoms with Crippen molar-refractivity contribution >= 4 is 23.4 Å². The Hall–Kier alpha value is -2.37. The van der Waals surface area contributed by atoms with E-state index in [0.717, 1.165) is 11.1 Å². The number of carbonyl (C=O) groups is 2. The molecule has 0 aliphatic carbocycles. The van der Waals surface area contributed by atoms with Crippen molar-refractivity contribution in [2.45, 2.75) is 32.2 Å². The van der Waals surface area contributed by atoms with Crippen molar-refractivity contribution in [3.8, 4) is 0 Å². The van der Waals surface area contributed by atoms with E-state index in [1.54, 1.807) is 0 Å². The van der Waals surface area contributed by atoms with Crippen molar-refractivity contribution in [2.24, 2.45) is 0 Å². The van der Waals surface area contributed by atoms with E-state index in [0.29, 0.717) is 37.7 Å². The van der Waals surface area contributed by atoms with E-state index in [1.807, 2.05) is 80.3 Å². The Bertz CT molecular complexity index is 877. The van der Waals surface area contributed by atoms with Gasteiger partial charge in [0.1, 0.15) is 0 Å². The van der Waals surface area contributed by atoms with Crippen molar-refractivity contribution in [3.05, 3.63) is 70.7 Å². The summed E-state index contributed by atoms with van der Waals surface area (Å²) >= 11 is 6.22. The van der Waals surface area contributed by atoms with Crippen LogP contribution < -0.4 is 5.32 Å². The highest BCUT2D eigenvalue weighted by Gasteiger charge is 2.35. The molecule has 1 heterocycles. The average Bonchev–Trinajstić information content (AvgIpc) is 2.74. The lowest BCUT2D eigenvalue weighted by molar-refractivity contribution is -0.138. The average molecular weight is 428 g/mol. The van der Waals surface area contributed by atoms with Gasteiger partial charge in [-0.15, -0.1) is 0 Å². The third-order valence-electron chi connectivity index (χ3n) is 5.81. The van der Waals surface area contributed by atoms with Gasteiger partial charge in [-0.25, -0.2) is 0 Å². The number of hydrogen-bond acceptors (Lipinski definition) is 3. The van der Waals surface area contributed by atoms with Gasteiger partial charge >= 0.3 is 0 Å². The molecule has 2 aromatic carbocycles. The third-order valence-corrected chi connectivity index (χ3v) is 6.15. The van der Waals surface area contributed by atoms with Gasteiger partial charge < -0.3 is 10.2 Å². The van der Waals surface area contributed by atoms with Crippen molar-refractivity contribution < 1.29 is 9.59 Å². The molecule has 5 nitrogen and oxygen atoms in total. The summed E-state index contributed by atoms with van der Waals surface area (Å²) in [5.41, 5.74) is 1.36. The number of piperazine rings is 1. The summed E-state index contributed by atoms with van der Waals surface area (Å²) in [7, 11) is 0. The molecule has 1 aliphatic rings. The number of hydrogen-bond donors (Lipinski definition) is 1. The molecule has 1 atom stereocenters. The smallest absolute Gasteiger partial charge is 0.234 e. The number of benzene rings is 2. The Morgan fingerprint density at radius 1 is 1.00 bits per heavy atom. The second-order valence-electron chi connectivity index (χ2n) is 8.37. The maximum Gasteiger partial charge on any atom is 0.234 e. The fourth-order valence-corrected chi connectivity index (χ4v) is 4.18. The minimum Gasteiger partial charge on any atom is -0.348 e. The topological polar surface area (TPSA) is 52.7 Å². The first-order valence-corrected chi connectivity index (χ1v) is 10.8. The van der Waals surface area contributed by atoms with Crippen molar-refractivity contribution in [3.63, 3.8) is 0 Å². The molecule has 30 heavy (non-hydrogen) atoms. The molecular weight excluding hydrogens is 398 g/mol. The minimum absolute atomic E-state index is 0.0354. The predicted octanol–water partition coefficient (Wildman–Crippen LogP) is 3.64. The number of carbonyl (C=O) groups excluding carboxylic acids is 2. The fraction of sp³-hybridized carbons (Fsp3) is 0.417. The van der Waals surface area contributed by atoms with Crippen LogP contribution in [0, 0.1) is 0 Å². The molecule has 3 rings (SSSR count). The quantitative estimate of drug-likeness (QED) is 0.765. The number of halogens is 1. The summed E-state index contributed by atoms with van der Waals surface area (Å²) in [6.45, 7) is 8.82. The molecule has 160 valence electrons. The number of nitrogens with one attached hydrogen (secondary N) is 1. The number of nitrogens with zero attached hydrogens (tertiary/aromatic N) is 2. The Morgan fingerprint density at radius 3 is 2.23 bits per heavy atom. The van der Waals surface area contributed by atoms with Crippen LogP contribution in [0.15, 0.2) is 54.6 Å². The van der Waals surface area contributed by atoms with Crippen molar-refractivity contribution in [2.75, 3.05) is 32.7 Å². The van der Waals surface area contributed by atoms with Gasteiger partial charge in [-0.05, 0) is 38.0 Å². The van der Waals surface area contributed by atoms with Crippen LogP contribution in [0.5, 0.6) is 0 Å². The molecule has 1 N–H and O–H groups in total. The van der Waals surface area contributed by atoms with Crippen LogP contribution in [-0.4, -0.2) is 54.3 Å². The van der Waals surface area contributed by atoms with Gasteiger partial charge in [0.15, 0.2) is 0 Å². The molecule has 0 bridgehead atoms. The van der Waals surface area contributed by atoms with Crippen LogP contribution in [-0.2, 0) is 15.0 Å². The summed E-state index contributed by atoms with van der Waals surface area (Å²) in [4.78, 5) is 29.6. The zero-order valence-electron chi connectivity index (χ0n) is 17.9. The summed E-state index contributed by atoms with van der Waals surface area (Å²) in [6, 6.07) is 17.3. The molecule has 0 spiro atoms. The monoisotopic (exact) mass is 427 g/mol. The third kappa shape index (κ3) is 5.21. The molecule has 0 saturated carbocycles. The Balaban J connectivity index is 1.50. The van der Waals surface area contributed by atoms with Crippen molar-refractivity contribution in [1.29, 1.82) is 0 Å². The van der Waals surface area contributed by atoms with E-state index in [4.69, 9.17) is 11.6 Å². The van der Waals surface area contributed by atoms with E-state index >= 15 is 0 Å². The minimum atomic E-state index is -0.564. The van der Waals surface area contributed by atoms with Gasteiger partial charge in [-0.2, -0.15) is 0 Å². The Kier molecular flexibility index (Phi) is 7.16. The SMILES string of the molecule is CC(NC(=O)CN1CCN(C(=O)C(C)(C)c2ccccc2)CC1)c1ccccc1Cl. The van der Waals surface area contributed by atoms with Crippen molar-refractivity contribution in [1.82, 2.24) is 15.1 Å². The zero-order chi connectivity index (χ0) is 21.7. The summed E-state index contributed by atoms with van der Waals surface area (Å²) in [5, 5.41) is 3.67. The van der Waals surface area contributed by atoms with Crippen LogP contribution >= 0.6 is 11.6 Å². The van der Waals surface area contributed by atoms with Gasteiger partial charge in [0, 0.05) is 31.2 Å². The standard InChI is InChI=1S/C24H30ClN3O2/c1-18(20-11-7-8-12-21(20)25)26-22(29)17-27-13-15-28(16-14-27)23(30)24(2,3)19-9-5-4-6-10-19/h4-12,18H,13-17H2,1-3H3,(H,26,29). The van der Waals surface area contributed by atoms with Crippen LogP contribution in [0.2, 0.25) is 5.02 Å². The van der Waals surface area contributed by atoms with E-state index in [2.05, 4.69) is 10.2 Å². The summed E-state index contributed by atoms with van der Waals surface area (Å²) in [5.74, 6) is 0.0944. The van der Waals surface area contributed by atoms with E-state index in [1.165, 1.54) is 0 Å². The lowest BCUT2D eigenvalue weighted by atomic mass is 9.83. The van der Waals surface area contributed by atoms with Crippen LogP contribution in [0.1, 0.15) is 37.9 Å². The molecule has 0 radical (unpaired) electrons. The lowest BCUT2D eigenvalue weighted by Gasteiger charge is -2.38. The van der Waals surface area contributed by atoms with Gasteiger partial charge in [0.05, 0.1) is 18.0 Å². The second kappa shape index (κ2) is 9.63. The molecular formula is C24H30ClN3O2. The largest absolute Gasteiger partial charge is 0.348 e. The maximum absolute atomic E-state index is 13.1. The van der Waals surface area contributed by atoms with E-state index in [9.17, 15) is 9.59 Å². The molecule has 1 fully saturated rings. The maximum atomic E-state index is 13.1. The highest BCUT2D eigenvalue weighted by Crippen LogP contribution is 2.26. The predicted molar refractivity (Wildman–Crippen MR) is 120 cm³/mol. The normalized spacial score (nSPS) is 16.2. The zero-order valence-corrected chi connectivity index (χ0v) is 18.7. The highest BCUT2D eigenvalue weighted by molar-refractivity contribution is 6.31.